The van der Waals surface area contributed by atoms with Crippen molar-refractivity contribution in [1.29, 1.82) is 0 Å². The van der Waals surface area contributed by atoms with Gasteiger partial charge in [-0.05, 0) is 38.1 Å². The van der Waals surface area contributed by atoms with E-state index in [1.807, 2.05) is 21.1 Å². The highest BCUT2D eigenvalue weighted by Crippen LogP contribution is 2.38. The Kier molecular flexibility index (Phi) is 44.0. The monoisotopic (exact) mass is 1180 g/mol. The lowest BCUT2D eigenvalue weighted by molar-refractivity contribution is -0.880. The van der Waals surface area contributed by atoms with E-state index < -0.39 is 82.8 Å². The third kappa shape index (κ3) is 55.4. The van der Waals surface area contributed by atoms with Crippen molar-refractivity contribution >= 4 is 57.6 Å². The normalized spacial score (nSPS) is 13.7. The van der Waals surface area contributed by atoms with Crippen LogP contribution in [-0.2, 0) is 61.4 Å². The molecule has 0 aromatic rings. The smallest absolute Gasteiger partial charge is 0.490 e. The third-order valence-electron chi connectivity index (χ3n) is 11.1. The zero-order valence-corrected chi connectivity index (χ0v) is 49.2. The summed E-state index contributed by atoms with van der Waals surface area (Å²) in [6.07, 6.45) is 8.05. The molecule has 460 valence electrons. The van der Waals surface area contributed by atoms with Crippen molar-refractivity contribution in [2.45, 2.75) is 186 Å². The van der Waals surface area contributed by atoms with Gasteiger partial charge in [0.25, 0.3) is 13.7 Å². The predicted molar refractivity (Wildman–Crippen MR) is 277 cm³/mol. The van der Waals surface area contributed by atoms with Crippen LogP contribution < -0.4 is 26.2 Å². The van der Waals surface area contributed by atoms with E-state index in [4.69, 9.17) is 43.1 Å². The minimum atomic E-state index is -5.08. The number of alkyl halides is 6. The van der Waals surface area contributed by atoms with Crippen LogP contribution in [0.3, 0.4) is 0 Å². The van der Waals surface area contributed by atoms with Crippen LogP contribution >= 0.6 is 7.82 Å². The van der Waals surface area contributed by atoms with Crippen molar-refractivity contribution in [2.24, 2.45) is 0 Å². The predicted octanol–water partition coefficient (Wildman–Crippen LogP) is 4.98. The number of nitrogens with zero attached hydrogens (tertiary/aromatic N) is 1. The van der Waals surface area contributed by atoms with Gasteiger partial charge in [-0.3, -0.25) is 28.5 Å². The molecule has 0 aliphatic rings. The van der Waals surface area contributed by atoms with Gasteiger partial charge in [0, 0.05) is 27.3 Å². The van der Waals surface area contributed by atoms with Gasteiger partial charge in [0.2, 0.25) is 5.91 Å². The van der Waals surface area contributed by atoms with E-state index in [0.717, 1.165) is 57.7 Å². The van der Waals surface area contributed by atoms with Crippen molar-refractivity contribution in [3.05, 3.63) is 0 Å². The highest BCUT2D eigenvalue weighted by Gasteiger charge is 2.39. The molecule has 0 saturated carbocycles. The van der Waals surface area contributed by atoms with E-state index in [0.29, 0.717) is 36.9 Å². The molecule has 0 aromatic heterocycles. The molecule has 0 spiro atoms. The maximum absolute atomic E-state index is 12.8. The summed E-state index contributed by atoms with van der Waals surface area (Å²) in [6.45, 7) is 9.79. The summed E-state index contributed by atoms with van der Waals surface area (Å²) in [5.41, 5.74) is 3.92. The number of carboxylic acid groups (broad SMARTS) is 2. The fourth-order valence-electron chi connectivity index (χ4n) is 6.38. The van der Waals surface area contributed by atoms with Crippen LogP contribution in [0.15, 0.2) is 0 Å². The summed E-state index contributed by atoms with van der Waals surface area (Å²) < 4.78 is 103. The van der Waals surface area contributed by atoms with Crippen molar-refractivity contribution in [2.75, 3.05) is 87.3 Å². The second-order valence-corrected chi connectivity index (χ2v) is 28.1. The average Bonchev–Trinajstić information content (AvgIpc) is 3.31. The largest absolute Gasteiger partial charge is 0.756 e. The number of hydrogen-bond acceptors (Lipinski definition) is 14. The summed E-state index contributed by atoms with van der Waals surface area (Å²) in [7, 11) is 1.75. The van der Waals surface area contributed by atoms with Gasteiger partial charge < -0.3 is 64.1 Å². The topological polar surface area (TPSA) is 302 Å². The number of aliphatic carboxylic acids is 2. The van der Waals surface area contributed by atoms with E-state index in [1.54, 1.807) is 0 Å². The van der Waals surface area contributed by atoms with Crippen molar-refractivity contribution in [1.82, 2.24) is 10.6 Å². The van der Waals surface area contributed by atoms with Gasteiger partial charge in [0.05, 0.1) is 61.0 Å². The number of likely N-dealkylation sites (N-methyl/N-ethyl adjacent to an activating group) is 1. The van der Waals surface area contributed by atoms with Crippen LogP contribution in [0.5, 0.6) is 0 Å². The van der Waals surface area contributed by atoms with Gasteiger partial charge in [0.15, 0.2) is 12.1 Å². The number of halogens is 6. The van der Waals surface area contributed by atoms with Crippen LogP contribution in [0.1, 0.15) is 135 Å². The lowest BCUT2D eigenvalue weighted by Gasteiger charge is -2.28. The number of hydrogen-bond donors (Lipinski definition) is 6. The number of amides is 2. The first-order valence-corrected chi connectivity index (χ1v) is 31.9. The molecule has 0 aliphatic carbocycles. The number of unbranched alkanes of at least 4 members (excludes halogenated alkanes) is 14. The molecule has 21 nitrogen and oxygen atoms in total. The quantitative estimate of drug-likeness (QED) is 0.00894. The van der Waals surface area contributed by atoms with Crippen molar-refractivity contribution in [3.8, 4) is 0 Å². The molecule has 2 unspecified atom stereocenters. The first-order chi connectivity index (χ1) is 36.0. The zero-order chi connectivity index (χ0) is 60.4. The number of carboxylic acids is 2. The molecule has 78 heavy (non-hydrogen) atoms. The van der Waals surface area contributed by atoms with Gasteiger partial charge >= 0.3 is 42.2 Å². The molecule has 0 heterocycles. The summed E-state index contributed by atoms with van der Waals surface area (Å²) in [5.74, 6) is -7.80. The van der Waals surface area contributed by atoms with E-state index >= 15 is 0 Å². The highest BCUT2D eigenvalue weighted by molar-refractivity contribution is 7.45. The fraction of sp³-hybridized carbons (Fsp3) is 0.857. The standard InChI is InChI=1S/C45H90N5O12PSi.2C2HF3O2/c1-9-10-11-12-13-14-15-16-17-18-19-20-21-27-42(52)59-37-39(38-61-63(56,57)60-32-31-50(3,4)5)62-43(53)28-23-25-30-49(2)29-24-22-26-40(46)45(55)48-35-41(51)47-36-44(54)58-33-34-64(6,7)8;2*3-2(4,5)1(6)7/h39-40H,9-38,46H2,1-8H3,(H2-,47,48,51,55,56,57);2*(H,6,7)/p+2/t39-,40+;;/m1../s1. The van der Waals surface area contributed by atoms with E-state index in [2.05, 4.69) is 50.0 Å². The first kappa shape index (κ1) is 78.3. The fourth-order valence-corrected chi connectivity index (χ4v) is 7.82. The summed E-state index contributed by atoms with van der Waals surface area (Å²) in [5, 5.41) is 19.3. The number of carbonyl (C=O) groups is 7. The van der Waals surface area contributed by atoms with Gasteiger partial charge in [0.1, 0.15) is 26.3 Å². The molecule has 0 radical (unpaired) electrons. The number of ether oxygens (including phenoxy) is 3. The summed E-state index contributed by atoms with van der Waals surface area (Å²) in [6, 6.07) is 0.326. The number of phosphoric acid groups is 1. The molecule has 0 aliphatic heterocycles. The van der Waals surface area contributed by atoms with Crippen molar-refractivity contribution in [3.63, 3.8) is 0 Å². The van der Waals surface area contributed by atoms with Gasteiger partial charge in [-0.2, -0.15) is 26.3 Å². The molecule has 8 N–H and O–H groups in total. The highest BCUT2D eigenvalue weighted by atomic mass is 31.2. The van der Waals surface area contributed by atoms with Crippen molar-refractivity contribution < 1.29 is 118 Å². The average molecular weight is 1180 g/mol. The maximum Gasteiger partial charge on any atom is 0.490 e. The first-order valence-electron chi connectivity index (χ1n) is 26.7. The Hall–Kier alpha value is -3.92. The molecular formula is C49H94F6N5O16PSi+2. The molecule has 0 fully saturated rings. The molecule has 2 amide bonds. The van der Waals surface area contributed by atoms with Gasteiger partial charge in [-0.15, -0.1) is 0 Å². The number of esters is 3. The Morgan fingerprint density at radius 2 is 1.12 bits per heavy atom. The Morgan fingerprint density at radius 1 is 0.654 bits per heavy atom. The Bertz CT molecular complexity index is 1720. The second-order valence-electron chi connectivity index (χ2n) is 21.1. The Labute approximate surface area is 457 Å². The van der Waals surface area contributed by atoms with Crippen LogP contribution in [0, 0.1) is 0 Å². The number of rotatable bonds is 42. The second kappa shape index (κ2) is 43.8. The lowest BCUT2D eigenvalue weighted by Crippen LogP contribution is -3.09. The van der Waals surface area contributed by atoms with E-state index in [-0.39, 0.29) is 45.1 Å². The molecular weight excluding hydrogens is 1090 g/mol. The van der Waals surface area contributed by atoms with Crippen LogP contribution in [0.2, 0.25) is 25.7 Å². The van der Waals surface area contributed by atoms with Crippen LogP contribution in [0.4, 0.5) is 26.3 Å². The molecule has 0 bridgehead atoms. The van der Waals surface area contributed by atoms with E-state index in [9.17, 15) is 59.8 Å². The molecule has 0 aromatic carbocycles. The minimum Gasteiger partial charge on any atom is -0.756 e. The van der Waals surface area contributed by atoms with Crippen LogP contribution in [0.25, 0.3) is 0 Å². The van der Waals surface area contributed by atoms with Crippen LogP contribution in [-0.4, -0.2) is 176 Å². The number of quaternary nitrogens is 3. The van der Waals surface area contributed by atoms with Gasteiger partial charge in [-0.25, -0.2) is 9.59 Å². The SMILES string of the molecule is CCCCCCCCCCCCCCCC(=O)OC[C@H](COP(=O)([O-])OCC[N+](C)(C)C)OC(=O)CCCC[NH+](C)CCCC[C@H]([NH3+])C(=O)NCC(=O)NCC(=O)OCC[Si](C)(C)C.O=C(O)C(F)(F)F.O=C(O)C(F)(F)F. The Morgan fingerprint density at radius 3 is 1.59 bits per heavy atom. The Balaban J connectivity index is -0.00000350. The summed E-state index contributed by atoms with van der Waals surface area (Å²) in [4.78, 5) is 93.2. The maximum atomic E-state index is 12.8. The molecule has 0 rings (SSSR count). The minimum absolute atomic E-state index is 0.0735. The molecule has 29 heteroatoms. The molecule has 4 atom stereocenters. The summed E-state index contributed by atoms with van der Waals surface area (Å²) >= 11 is 0. The lowest BCUT2D eigenvalue weighted by atomic mass is 10.0. The van der Waals surface area contributed by atoms with Gasteiger partial charge in [-0.1, -0.05) is 104 Å². The third-order valence-corrected chi connectivity index (χ3v) is 13.8. The number of phosphoric ester groups is 1. The number of nitrogens with one attached hydrogen (secondary N) is 3. The number of carbonyl (C=O) groups excluding carboxylic acids is 5. The molecule has 0 saturated heterocycles. The van der Waals surface area contributed by atoms with E-state index in [1.165, 1.54) is 62.7 Å². The zero-order valence-electron chi connectivity index (χ0n) is 47.3.